The standard InChI is InChI=1S/C22H17F2N3OS.ClH/c1-13-16(10-20(29-13)19-11-25-12-27(19)2)14-6-8-15(9-7-14)26-22(28)21-17(23)4-3-5-18(21)24;/h3-12H,1-2H3,(H,26,28);1H. The minimum Gasteiger partial charge on any atom is -0.333 e. The third-order valence-electron chi connectivity index (χ3n) is 4.63. The van der Waals surface area contributed by atoms with E-state index in [0.29, 0.717) is 5.69 Å². The number of hydrogen-bond acceptors (Lipinski definition) is 3. The number of aromatic nitrogens is 2. The van der Waals surface area contributed by atoms with Gasteiger partial charge in [-0.2, -0.15) is 0 Å². The van der Waals surface area contributed by atoms with E-state index in [4.69, 9.17) is 0 Å². The van der Waals surface area contributed by atoms with Crippen LogP contribution in [0.15, 0.2) is 61.1 Å². The molecular weight excluding hydrogens is 428 g/mol. The topological polar surface area (TPSA) is 46.9 Å². The summed E-state index contributed by atoms with van der Waals surface area (Å²) in [4.78, 5) is 18.7. The van der Waals surface area contributed by atoms with Crippen LogP contribution in [0.2, 0.25) is 0 Å². The molecule has 4 rings (SSSR count). The number of aryl methyl sites for hydroxylation is 2. The number of benzene rings is 2. The number of thiophene rings is 1. The first-order valence-electron chi connectivity index (χ1n) is 8.87. The number of amides is 1. The van der Waals surface area contributed by atoms with Crippen LogP contribution in [0.1, 0.15) is 15.2 Å². The first-order valence-corrected chi connectivity index (χ1v) is 9.68. The van der Waals surface area contributed by atoms with Crippen LogP contribution in [0.3, 0.4) is 0 Å². The quantitative estimate of drug-likeness (QED) is 0.414. The molecule has 0 saturated heterocycles. The van der Waals surface area contributed by atoms with E-state index in [2.05, 4.69) is 23.3 Å². The normalized spacial score (nSPS) is 10.5. The van der Waals surface area contributed by atoms with E-state index >= 15 is 0 Å². The lowest BCUT2D eigenvalue weighted by molar-refractivity contribution is 0.101. The smallest absolute Gasteiger partial charge is 0.261 e. The molecule has 0 aliphatic heterocycles. The van der Waals surface area contributed by atoms with Crippen molar-refractivity contribution in [2.75, 3.05) is 5.32 Å². The molecule has 0 aliphatic rings. The average Bonchev–Trinajstić information content (AvgIpc) is 3.27. The fourth-order valence-corrected chi connectivity index (χ4v) is 4.23. The third kappa shape index (κ3) is 4.13. The van der Waals surface area contributed by atoms with Crippen molar-refractivity contribution in [1.29, 1.82) is 0 Å². The Kier molecular flexibility index (Phi) is 6.34. The Morgan fingerprint density at radius 3 is 2.37 bits per heavy atom. The Morgan fingerprint density at radius 2 is 1.77 bits per heavy atom. The van der Waals surface area contributed by atoms with Gasteiger partial charge in [-0.05, 0) is 48.4 Å². The fourth-order valence-electron chi connectivity index (χ4n) is 3.13. The molecule has 0 atom stereocenters. The summed E-state index contributed by atoms with van der Waals surface area (Å²) in [5, 5.41) is 2.54. The zero-order chi connectivity index (χ0) is 20.5. The van der Waals surface area contributed by atoms with Crippen molar-refractivity contribution in [3.63, 3.8) is 0 Å². The van der Waals surface area contributed by atoms with Crippen LogP contribution >= 0.6 is 23.7 Å². The molecule has 4 aromatic rings. The molecule has 2 aromatic carbocycles. The molecule has 1 amide bonds. The molecule has 1 N–H and O–H groups in total. The molecule has 2 heterocycles. The molecule has 2 aromatic heterocycles. The van der Waals surface area contributed by atoms with Gasteiger partial charge in [-0.1, -0.05) is 18.2 Å². The van der Waals surface area contributed by atoms with Crippen molar-refractivity contribution in [2.24, 2.45) is 7.05 Å². The molecular formula is C22H18ClF2N3OS. The van der Waals surface area contributed by atoms with Crippen LogP contribution in [0.25, 0.3) is 21.7 Å². The van der Waals surface area contributed by atoms with Gasteiger partial charge in [0.15, 0.2) is 0 Å². The Balaban J connectivity index is 0.00000256. The Hall–Kier alpha value is -3.03. The molecule has 0 aliphatic carbocycles. The molecule has 30 heavy (non-hydrogen) atoms. The maximum absolute atomic E-state index is 13.8. The van der Waals surface area contributed by atoms with Gasteiger partial charge in [-0.15, -0.1) is 23.7 Å². The first kappa shape index (κ1) is 21.7. The van der Waals surface area contributed by atoms with Crippen LogP contribution in [-0.4, -0.2) is 15.5 Å². The van der Waals surface area contributed by atoms with E-state index in [1.807, 2.05) is 29.9 Å². The average molecular weight is 446 g/mol. The number of hydrogen-bond donors (Lipinski definition) is 1. The van der Waals surface area contributed by atoms with Crippen LogP contribution in [0, 0.1) is 18.6 Å². The molecule has 4 nitrogen and oxygen atoms in total. The predicted octanol–water partition coefficient (Wildman–Crippen LogP) is 6.08. The van der Waals surface area contributed by atoms with Crippen LogP contribution in [0.5, 0.6) is 0 Å². The molecule has 8 heteroatoms. The number of anilines is 1. The van der Waals surface area contributed by atoms with Gasteiger partial charge in [0, 0.05) is 17.6 Å². The van der Waals surface area contributed by atoms with Gasteiger partial charge >= 0.3 is 0 Å². The Labute approximate surface area is 182 Å². The zero-order valence-electron chi connectivity index (χ0n) is 16.1. The molecule has 0 spiro atoms. The first-order chi connectivity index (χ1) is 13.9. The lowest BCUT2D eigenvalue weighted by Crippen LogP contribution is -2.15. The second kappa shape index (κ2) is 8.77. The van der Waals surface area contributed by atoms with Gasteiger partial charge in [0.05, 0.1) is 23.1 Å². The van der Waals surface area contributed by atoms with Gasteiger partial charge in [0.1, 0.15) is 17.2 Å². The zero-order valence-corrected chi connectivity index (χ0v) is 17.8. The minimum atomic E-state index is -0.893. The lowest BCUT2D eigenvalue weighted by atomic mass is 10.1. The molecule has 0 bridgehead atoms. The molecule has 154 valence electrons. The predicted molar refractivity (Wildman–Crippen MR) is 118 cm³/mol. The summed E-state index contributed by atoms with van der Waals surface area (Å²) in [7, 11) is 1.95. The highest BCUT2D eigenvalue weighted by atomic mass is 35.5. The van der Waals surface area contributed by atoms with Crippen molar-refractivity contribution >= 4 is 35.3 Å². The van der Waals surface area contributed by atoms with E-state index in [1.54, 1.807) is 29.8 Å². The second-order valence-electron chi connectivity index (χ2n) is 6.60. The van der Waals surface area contributed by atoms with Crippen molar-refractivity contribution in [3.05, 3.63) is 83.1 Å². The largest absolute Gasteiger partial charge is 0.333 e. The molecule has 0 saturated carbocycles. The van der Waals surface area contributed by atoms with E-state index < -0.39 is 23.1 Å². The second-order valence-corrected chi connectivity index (χ2v) is 7.85. The number of rotatable bonds is 4. The third-order valence-corrected chi connectivity index (χ3v) is 5.70. The van der Waals surface area contributed by atoms with Crippen molar-refractivity contribution < 1.29 is 13.6 Å². The van der Waals surface area contributed by atoms with Crippen molar-refractivity contribution in [2.45, 2.75) is 6.92 Å². The summed E-state index contributed by atoms with van der Waals surface area (Å²) in [6, 6.07) is 12.6. The lowest BCUT2D eigenvalue weighted by Gasteiger charge is -2.08. The maximum Gasteiger partial charge on any atom is 0.261 e. The minimum absolute atomic E-state index is 0. The van der Waals surface area contributed by atoms with Gasteiger partial charge in [-0.25, -0.2) is 13.8 Å². The monoisotopic (exact) mass is 445 g/mol. The van der Waals surface area contributed by atoms with Gasteiger partial charge in [0.2, 0.25) is 0 Å². The van der Waals surface area contributed by atoms with E-state index in [1.165, 1.54) is 6.07 Å². The summed E-state index contributed by atoms with van der Waals surface area (Å²) in [6.45, 7) is 2.05. The number of halogens is 3. The molecule has 0 radical (unpaired) electrons. The summed E-state index contributed by atoms with van der Waals surface area (Å²) in [5.74, 6) is -2.61. The fraction of sp³-hybridized carbons (Fsp3) is 0.0909. The van der Waals surface area contributed by atoms with Gasteiger partial charge in [-0.3, -0.25) is 4.79 Å². The van der Waals surface area contributed by atoms with Crippen LogP contribution in [0.4, 0.5) is 14.5 Å². The SMILES string of the molecule is Cc1sc(-c2cncn2C)cc1-c1ccc(NC(=O)c2c(F)cccc2F)cc1.Cl. The molecule has 0 unspecified atom stereocenters. The van der Waals surface area contributed by atoms with Crippen molar-refractivity contribution in [3.8, 4) is 21.7 Å². The van der Waals surface area contributed by atoms with Crippen LogP contribution in [-0.2, 0) is 7.05 Å². The Bertz CT molecular complexity index is 1180. The van der Waals surface area contributed by atoms with E-state index in [-0.39, 0.29) is 12.4 Å². The van der Waals surface area contributed by atoms with E-state index in [9.17, 15) is 13.6 Å². The highest BCUT2D eigenvalue weighted by Crippen LogP contribution is 2.36. The highest BCUT2D eigenvalue weighted by Gasteiger charge is 2.17. The van der Waals surface area contributed by atoms with Gasteiger partial charge < -0.3 is 9.88 Å². The number of carbonyl (C=O) groups excluding carboxylic acids is 1. The summed E-state index contributed by atoms with van der Waals surface area (Å²) < 4.78 is 29.5. The summed E-state index contributed by atoms with van der Waals surface area (Å²) in [5.41, 5.74) is 2.99. The number of nitrogens with zero attached hydrogens (tertiary/aromatic N) is 2. The number of nitrogens with one attached hydrogen (secondary N) is 1. The summed E-state index contributed by atoms with van der Waals surface area (Å²) in [6.07, 6.45) is 3.59. The van der Waals surface area contributed by atoms with Gasteiger partial charge in [0.25, 0.3) is 5.91 Å². The number of carbonyl (C=O) groups is 1. The maximum atomic E-state index is 13.8. The molecule has 0 fully saturated rings. The Morgan fingerprint density at radius 1 is 1.10 bits per heavy atom. The summed E-state index contributed by atoms with van der Waals surface area (Å²) >= 11 is 1.68. The van der Waals surface area contributed by atoms with E-state index in [0.717, 1.165) is 38.7 Å². The highest BCUT2D eigenvalue weighted by molar-refractivity contribution is 7.15. The van der Waals surface area contributed by atoms with Crippen LogP contribution < -0.4 is 5.32 Å². The van der Waals surface area contributed by atoms with Crippen molar-refractivity contribution in [1.82, 2.24) is 9.55 Å². The number of imidazole rings is 1.